The predicted octanol–water partition coefficient (Wildman–Crippen LogP) is 2.16. The Kier molecular flexibility index (Phi) is 5.20. The topological polar surface area (TPSA) is 80.4 Å². The van der Waals surface area contributed by atoms with E-state index >= 15 is 0 Å². The summed E-state index contributed by atoms with van der Waals surface area (Å²) in [6.45, 7) is 1.61. The molecule has 20 heavy (non-hydrogen) atoms. The molecular weight excluding hydrogens is 274 g/mol. The molecule has 0 aliphatic carbocycles. The molecule has 0 amide bonds. The van der Waals surface area contributed by atoms with Crippen LogP contribution in [0.3, 0.4) is 0 Å². The number of rotatable bonds is 7. The van der Waals surface area contributed by atoms with Gasteiger partial charge in [-0.2, -0.15) is 0 Å². The van der Waals surface area contributed by atoms with E-state index in [1.165, 1.54) is 18.4 Å². The third kappa shape index (κ3) is 4.11. The first-order valence-corrected chi connectivity index (χ1v) is 7.33. The number of phenols is 1. The molecule has 1 aromatic heterocycles. The van der Waals surface area contributed by atoms with Crippen molar-refractivity contribution in [3.8, 4) is 11.5 Å². The number of nitrogens with one attached hydrogen (secondary N) is 1. The van der Waals surface area contributed by atoms with Gasteiger partial charge in [-0.15, -0.1) is 11.3 Å². The molecule has 5 nitrogen and oxygen atoms in total. The summed E-state index contributed by atoms with van der Waals surface area (Å²) in [4.78, 5) is 4.22. The fourth-order valence-corrected chi connectivity index (χ4v) is 2.51. The number of benzene rings is 1. The van der Waals surface area contributed by atoms with E-state index in [0.717, 1.165) is 37.2 Å². The van der Waals surface area contributed by atoms with Gasteiger partial charge in [0.2, 0.25) is 0 Å². The fourth-order valence-electron chi connectivity index (χ4n) is 1.91. The average molecular weight is 293 g/mol. The lowest BCUT2D eigenvalue weighted by atomic mass is 10.2. The molecule has 0 radical (unpaired) electrons. The molecule has 2 rings (SSSR count). The normalized spacial score (nSPS) is 10.7. The number of anilines is 1. The van der Waals surface area contributed by atoms with Crippen LogP contribution in [0.1, 0.15) is 17.7 Å². The number of methoxy groups -OCH3 is 1. The number of hydrogen-bond donors (Lipinski definition) is 3. The second-order valence-electron chi connectivity index (χ2n) is 4.46. The molecule has 0 unspecified atom stereocenters. The van der Waals surface area contributed by atoms with Gasteiger partial charge >= 0.3 is 0 Å². The first-order valence-electron chi connectivity index (χ1n) is 6.45. The van der Waals surface area contributed by atoms with Crippen LogP contribution in [0.4, 0.5) is 5.13 Å². The monoisotopic (exact) mass is 293 g/mol. The zero-order valence-corrected chi connectivity index (χ0v) is 12.2. The minimum atomic E-state index is 0.171. The average Bonchev–Trinajstić information content (AvgIpc) is 2.84. The van der Waals surface area contributed by atoms with Gasteiger partial charge in [-0.05, 0) is 37.1 Å². The maximum Gasteiger partial charge on any atom is 0.180 e. The van der Waals surface area contributed by atoms with Crippen LogP contribution in [0.25, 0.3) is 0 Å². The SMILES string of the molecule is COc1ccc(CNCCCc2csc(N)n2)cc1O. The molecule has 1 heterocycles. The number of phenolic OH excluding ortho intramolecular Hbond substituents is 1. The first kappa shape index (κ1) is 14.6. The Morgan fingerprint density at radius 3 is 2.95 bits per heavy atom. The number of aromatic nitrogens is 1. The predicted molar refractivity (Wildman–Crippen MR) is 81.2 cm³/mol. The summed E-state index contributed by atoms with van der Waals surface area (Å²) in [5, 5.41) is 15.6. The lowest BCUT2D eigenvalue weighted by Gasteiger charge is -2.07. The van der Waals surface area contributed by atoms with Gasteiger partial charge in [-0.25, -0.2) is 4.98 Å². The van der Waals surface area contributed by atoms with Crippen molar-refractivity contribution in [2.75, 3.05) is 19.4 Å². The molecule has 6 heteroatoms. The molecule has 1 aromatic carbocycles. The summed E-state index contributed by atoms with van der Waals surface area (Å²) in [7, 11) is 1.54. The van der Waals surface area contributed by atoms with E-state index in [-0.39, 0.29) is 5.75 Å². The number of nitrogens with two attached hydrogens (primary N) is 1. The van der Waals surface area contributed by atoms with Crippen molar-refractivity contribution < 1.29 is 9.84 Å². The van der Waals surface area contributed by atoms with Gasteiger partial charge in [-0.1, -0.05) is 6.07 Å². The number of ether oxygens (including phenoxy) is 1. The first-order chi connectivity index (χ1) is 9.69. The zero-order chi connectivity index (χ0) is 14.4. The maximum atomic E-state index is 9.67. The number of hydrogen-bond acceptors (Lipinski definition) is 6. The quantitative estimate of drug-likeness (QED) is 0.682. The van der Waals surface area contributed by atoms with Crippen LogP contribution < -0.4 is 15.8 Å². The van der Waals surface area contributed by atoms with E-state index in [0.29, 0.717) is 10.9 Å². The van der Waals surface area contributed by atoms with E-state index in [1.54, 1.807) is 12.1 Å². The van der Waals surface area contributed by atoms with Crippen molar-refractivity contribution in [1.29, 1.82) is 0 Å². The second-order valence-corrected chi connectivity index (χ2v) is 5.35. The molecule has 0 aliphatic rings. The van der Waals surface area contributed by atoms with Crippen molar-refractivity contribution >= 4 is 16.5 Å². The fraction of sp³-hybridized carbons (Fsp3) is 0.357. The van der Waals surface area contributed by atoms with Crippen LogP contribution in [0.2, 0.25) is 0 Å². The Hall–Kier alpha value is -1.79. The highest BCUT2D eigenvalue weighted by Gasteiger charge is 2.02. The third-order valence-electron chi connectivity index (χ3n) is 2.93. The van der Waals surface area contributed by atoms with Crippen LogP contribution in [0, 0.1) is 0 Å². The number of thiazole rings is 1. The number of aromatic hydroxyl groups is 1. The van der Waals surface area contributed by atoms with Gasteiger partial charge in [0.1, 0.15) is 0 Å². The minimum absolute atomic E-state index is 0.171. The van der Waals surface area contributed by atoms with Crippen LogP contribution in [0.5, 0.6) is 11.5 Å². The number of aryl methyl sites for hydroxylation is 1. The van der Waals surface area contributed by atoms with Crippen LogP contribution in [-0.2, 0) is 13.0 Å². The van der Waals surface area contributed by atoms with Gasteiger partial charge in [0, 0.05) is 11.9 Å². The summed E-state index contributed by atoms with van der Waals surface area (Å²) >= 11 is 1.48. The Bertz CT molecular complexity index is 557. The second kappa shape index (κ2) is 7.12. The van der Waals surface area contributed by atoms with E-state index < -0.39 is 0 Å². The summed E-state index contributed by atoms with van der Waals surface area (Å²) in [6.07, 6.45) is 1.93. The van der Waals surface area contributed by atoms with Crippen molar-refractivity contribution in [2.45, 2.75) is 19.4 Å². The van der Waals surface area contributed by atoms with E-state index in [4.69, 9.17) is 10.5 Å². The molecule has 2 aromatic rings. The minimum Gasteiger partial charge on any atom is -0.504 e. The summed E-state index contributed by atoms with van der Waals surface area (Å²) in [5.41, 5.74) is 7.66. The number of nitrogens with zero attached hydrogens (tertiary/aromatic N) is 1. The standard InChI is InChI=1S/C14H19N3O2S/c1-19-13-5-4-10(7-12(13)18)8-16-6-2-3-11-9-20-14(15)17-11/h4-5,7,9,16,18H,2-3,6,8H2,1H3,(H2,15,17). The lowest BCUT2D eigenvalue weighted by Crippen LogP contribution is -2.15. The highest BCUT2D eigenvalue weighted by molar-refractivity contribution is 7.13. The molecular formula is C14H19N3O2S. The highest BCUT2D eigenvalue weighted by Crippen LogP contribution is 2.26. The van der Waals surface area contributed by atoms with Crippen molar-refractivity contribution in [2.24, 2.45) is 0 Å². The Morgan fingerprint density at radius 1 is 1.45 bits per heavy atom. The largest absolute Gasteiger partial charge is 0.504 e. The Morgan fingerprint density at radius 2 is 2.30 bits per heavy atom. The smallest absolute Gasteiger partial charge is 0.180 e. The molecule has 0 bridgehead atoms. The maximum absolute atomic E-state index is 9.67. The van der Waals surface area contributed by atoms with Crippen LogP contribution >= 0.6 is 11.3 Å². The molecule has 0 aliphatic heterocycles. The molecule has 0 atom stereocenters. The van der Waals surface area contributed by atoms with Gasteiger partial charge < -0.3 is 20.9 Å². The number of nitrogen functional groups attached to an aromatic ring is 1. The summed E-state index contributed by atoms with van der Waals surface area (Å²) in [5.74, 6) is 0.666. The van der Waals surface area contributed by atoms with E-state index in [9.17, 15) is 5.11 Å². The van der Waals surface area contributed by atoms with Crippen molar-refractivity contribution in [3.63, 3.8) is 0 Å². The highest BCUT2D eigenvalue weighted by atomic mass is 32.1. The van der Waals surface area contributed by atoms with Crippen molar-refractivity contribution in [3.05, 3.63) is 34.8 Å². The van der Waals surface area contributed by atoms with Gasteiger partial charge in [-0.3, -0.25) is 0 Å². The Balaban J connectivity index is 1.69. The Labute approximate surface area is 122 Å². The van der Waals surface area contributed by atoms with E-state index in [1.807, 2.05) is 11.4 Å². The van der Waals surface area contributed by atoms with Gasteiger partial charge in [0.15, 0.2) is 16.6 Å². The molecule has 0 spiro atoms. The molecule has 4 N–H and O–H groups in total. The molecule has 0 saturated carbocycles. The van der Waals surface area contributed by atoms with Crippen LogP contribution in [0.15, 0.2) is 23.6 Å². The summed E-state index contributed by atoms with van der Waals surface area (Å²) in [6, 6.07) is 5.42. The lowest BCUT2D eigenvalue weighted by molar-refractivity contribution is 0.373. The van der Waals surface area contributed by atoms with Crippen LogP contribution in [-0.4, -0.2) is 23.7 Å². The van der Waals surface area contributed by atoms with E-state index in [2.05, 4.69) is 10.3 Å². The summed E-state index contributed by atoms with van der Waals surface area (Å²) < 4.78 is 5.01. The molecule has 108 valence electrons. The molecule has 0 fully saturated rings. The van der Waals surface area contributed by atoms with Crippen molar-refractivity contribution in [1.82, 2.24) is 10.3 Å². The van der Waals surface area contributed by atoms with Gasteiger partial charge in [0.25, 0.3) is 0 Å². The van der Waals surface area contributed by atoms with Gasteiger partial charge in [0.05, 0.1) is 12.8 Å². The molecule has 0 saturated heterocycles. The third-order valence-corrected chi connectivity index (χ3v) is 3.65. The zero-order valence-electron chi connectivity index (χ0n) is 11.4.